The van der Waals surface area contributed by atoms with Crippen molar-refractivity contribution in [2.45, 2.75) is 128 Å². The SMILES string of the molecule is Cc1ccc(N2CCN(C(=O)Cc3cc(F)c(C4CC4)c(F)c3)CC2)nn1.Cc1ccc(N2CCN(C(=O)Cc3cc(F)c(C4CC4)c(F)c3)CC2)nn1.Cc1ccc(N2CCN(C(=O)Cc3ccc(C4CC4)c(F)c3)CC2)nn1.Cc1ccc(N2CCN(C(=O)Cc3ccc(C4CC4)c(F)c3)CC2)nn1. The third kappa shape index (κ3) is 19.5. The number of piperazine rings is 4. The fourth-order valence-electron chi connectivity index (χ4n) is 13.9. The second kappa shape index (κ2) is 33.5. The number of benzene rings is 4. The molecule has 106 heavy (non-hydrogen) atoms. The molecule has 0 radical (unpaired) electrons. The molecule has 556 valence electrons. The molecule has 0 atom stereocenters. The summed E-state index contributed by atoms with van der Waals surface area (Å²) in [4.78, 5) is 65.8. The van der Waals surface area contributed by atoms with Gasteiger partial charge >= 0.3 is 0 Å². The van der Waals surface area contributed by atoms with E-state index in [2.05, 4.69) is 60.4 Å². The Labute approximate surface area is 614 Å². The number of anilines is 4. The predicted octanol–water partition coefficient (Wildman–Crippen LogP) is 11.0. The van der Waals surface area contributed by atoms with Gasteiger partial charge in [-0.15, -0.1) is 20.4 Å². The molecule has 0 spiro atoms. The molecule has 4 aromatic carbocycles. The fourth-order valence-corrected chi connectivity index (χ4v) is 13.9. The Bertz CT molecular complexity index is 4070. The average Bonchev–Trinajstić information content (AvgIpc) is 1.63. The Hall–Kier alpha value is -10.1. The molecule has 4 aliphatic heterocycles. The Morgan fingerprint density at radius 3 is 0.717 bits per heavy atom. The molecule has 16 rings (SSSR count). The molecule has 0 unspecified atom stereocenters. The van der Waals surface area contributed by atoms with Gasteiger partial charge in [0.2, 0.25) is 23.6 Å². The minimum Gasteiger partial charge on any atom is -0.352 e. The molecule has 4 aromatic heterocycles. The van der Waals surface area contributed by atoms with Crippen LogP contribution < -0.4 is 19.6 Å². The zero-order chi connectivity index (χ0) is 74.1. The minimum absolute atomic E-state index is 0.00713. The summed E-state index contributed by atoms with van der Waals surface area (Å²) >= 11 is 0. The predicted molar refractivity (Wildman–Crippen MR) is 390 cm³/mol. The second-order valence-electron chi connectivity index (χ2n) is 29.1. The third-order valence-electron chi connectivity index (χ3n) is 20.8. The number of halogens is 6. The van der Waals surface area contributed by atoms with Gasteiger partial charge in [0.05, 0.1) is 48.5 Å². The number of carbonyl (C=O) groups is 4. The molecular weight excluding hydrogens is 1360 g/mol. The molecule has 26 heteroatoms. The van der Waals surface area contributed by atoms with E-state index in [1.807, 2.05) is 110 Å². The molecule has 0 bridgehead atoms. The highest BCUT2D eigenvalue weighted by molar-refractivity contribution is 5.81. The van der Waals surface area contributed by atoms with Crippen molar-refractivity contribution in [1.29, 1.82) is 0 Å². The number of hydrogen-bond donors (Lipinski definition) is 0. The topological polar surface area (TPSA) is 197 Å². The minimum atomic E-state index is -0.525. The molecule has 4 amide bonds. The van der Waals surface area contributed by atoms with Crippen molar-refractivity contribution >= 4 is 46.9 Å². The molecule has 4 saturated heterocycles. The van der Waals surface area contributed by atoms with Crippen LogP contribution in [0.25, 0.3) is 0 Å². The van der Waals surface area contributed by atoms with E-state index >= 15 is 0 Å². The van der Waals surface area contributed by atoms with Gasteiger partial charge in [-0.2, -0.15) is 20.4 Å². The highest BCUT2D eigenvalue weighted by atomic mass is 19.2. The summed E-state index contributed by atoms with van der Waals surface area (Å²) in [5.74, 6) is 1.54. The Morgan fingerprint density at radius 2 is 0.509 bits per heavy atom. The van der Waals surface area contributed by atoms with E-state index in [1.54, 1.807) is 9.80 Å². The van der Waals surface area contributed by atoms with E-state index in [0.29, 0.717) is 101 Å². The van der Waals surface area contributed by atoms with Crippen molar-refractivity contribution < 1.29 is 45.5 Å². The molecule has 4 aliphatic carbocycles. The van der Waals surface area contributed by atoms with Crippen LogP contribution in [-0.4, -0.2) is 189 Å². The van der Waals surface area contributed by atoms with Crippen LogP contribution in [0, 0.1) is 62.6 Å². The highest BCUT2D eigenvalue weighted by Gasteiger charge is 2.34. The maximum absolute atomic E-state index is 14.2. The maximum atomic E-state index is 14.2. The first-order valence-electron chi connectivity index (χ1n) is 37.1. The van der Waals surface area contributed by atoms with E-state index in [-0.39, 0.29) is 83.9 Å². The monoisotopic (exact) mass is 1450 g/mol. The standard InChI is InChI=1S/2C20H22F2N4O.2C20H23FN4O/c2*1-13-2-5-18(24-23-13)25-6-8-26(9-7-25)19(27)12-14-10-16(21)20(15-3-4-15)17(22)11-14;2*1-14-2-7-19(23-22-14)24-8-10-25(11-9-24)20(26)13-15-3-6-17(16-4-5-16)18(21)12-15/h2*2,5,10-11,15H,3-4,6-9,12H2,1H3;2*2-3,6-7,12,16H,4-5,8-11,13H2,1H3. The molecule has 8 aromatic rings. The van der Waals surface area contributed by atoms with Crippen molar-refractivity contribution in [2.24, 2.45) is 0 Å². The van der Waals surface area contributed by atoms with E-state index < -0.39 is 23.3 Å². The lowest BCUT2D eigenvalue weighted by Crippen LogP contribution is -2.49. The summed E-state index contributed by atoms with van der Waals surface area (Å²) in [6.07, 6.45) is 8.18. The van der Waals surface area contributed by atoms with Gasteiger partial charge in [0.15, 0.2) is 23.3 Å². The molecular formula is C80H90F6N16O4. The van der Waals surface area contributed by atoms with Crippen LogP contribution in [0.1, 0.15) is 142 Å². The summed E-state index contributed by atoms with van der Waals surface area (Å²) in [6.45, 7) is 18.0. The zero-order valence-corrected chi connectivity index (χ0v) is 60.6. The van der Waals surface area contributed by atoms with Crippen LogP contribution in [0.4, 0.5) is 49.6 Å². The number of nitrogens with zero attached hydrogens (tertiary/aromatic N) is 16. The molecule has 8 heterocycles. The van der Waals surface area contributed by atoms with Crippen LogP contribution in [-0.2, 0) is 44.9 Å². The first-order chi connectivity index (χ1) is 51.2. The van der Waals surface area contributed by atoms with Gasteiger partial charge in [0, 0.05) is 116 Å². The lowest BCUT2D eigenvalue weighted by Gasteiger charge is -2.35. The largest absolute Gasteiger partial charge is 0.352 e. The average molecular weight is 1450 g/mol. The number of aromatic nitrogens is 8. The Kier molecular flexibility index (Phi) is 23.5. The smallest absolute Gasteiger partial charge is 0.227 e. The number of hydrogen-bond acceptors (Lipinski definition) is 16. The number of amides is 4. The zero-order valence-electron chi connectivity index (χ0n) is 60.6. The molecule has 0 N–H and O–H groups in total. The van der Waals surface area contributed by atoms with Gasteiger partial charge in [-0.25, -0.2) is 26.3 Å². The normalized spacial score (nSPS) is 17.4. The summed E-state index contributed by atoms with van der Waals surface area (Å²) in [5, 5.41) is 33.1. The van der Waals surface area contributed by atoms with Gasteiger partial charge in [-0.3, -0.25) is 19.2 Å². The molecule has 20 nitrogen and oxygen atoms in total. The van der Waals surface area contributed by atoms with Crippen molar-refractivity contribution in [3.63, 3.8) is 0 Å². The van der Waals surface area contributed by atoms with Crippen molar-refractivity contribution in [2.75, 3.05) is 124 Å². The lowest BCUT2D eigenvalue weighted by molar-refractivity contribution is -0.131. The molecule has 8 fully saturated rings. The van der Waals surface area contributed by atoms with Gasteiger partial charge in [0.25, 0.3) is 0 Å². The number of aryl methyl sites for hydroxylation is 4. The number of carbonyl (C=O) groups excluding carboxylic acids is 4. The van der Waals surface area contributed by atoms with Gasteiger partial charge in [-0.05, 0) is 221 Å². The first kappa shape index (κ1) is 74.1. The van der Waals surface area contributed by atoms with Gasteiger partial charge in [0.1, 0.15) is 34.9 Å². The summed E-state index contributed by atoms with van der Waals surface area (Å²) in [5.41, 5.74) is 7.76. The Balaban J connectivity index is 0.000000125. The summed E-state index contributed by atoms with van der Waals surface area (Å²) in [7, 11) is 0. The van der Waals surface area contributed by atoms with Crippen molar-refractivity contribution in [1.82, 2.24) is 60.4 Å². The highest BCUT2D eigenvalue weighted by Crippen LogP contribution is 2.45. The third-order valence-corrected chi connectivity index (χ3v) is 20.8. The first-order valence-corrected chi connectivity index (χ1v) is 37.1. The second-order valence-corrected chi connectivity index (χ2v) is 29.1. The fraction of sp³-hybridized carbons (Fsp3) is 0.450. The summed E-state index contributed by atoms with van der Waals surface area (Å²) in [6, 6.07) is 31.3. The van der Waals surface area contributed by atoms with Gasteiger partial charge in [-0.1, -0.05) is 24.3 Å². The number of rotatable bonds is 16. The quantitative estimate of drug-likeness (QED) is 0.0827. The van der Waals surface area contributed by atoms with E-state index in [4.69, 9.17) is 0 Å². The van der Waals surface area contributed by atoms with E-state index in [9.17, 15) is 45.5 Å². The molecule has 8 aliphatic rings. The van der Waals surface area contributed by atoms with Crippen LogP contribution in [0.2, 0.25) is 0 Å². The molecule has 4 saturated carbocycles. The van der Waals surface area contributed by atoms with Crippen LogP contribution in [0.5, 0.6) is 0 Å². The van der Waals surface area contributed by atoms with Crippen molar-refractivity contribution in [3.8, 4) is 0 Å². The van der Waals surface area contributed by atoms with Crippen LogP contribution >= 0.6 is 0 Å². The van der Waals surface area contributed by atoms with Crippen LogP contribution in [0.3, 0.4) is 0 Å². The van der Waals surface area contributed by atoms with E-state index in [1.165, 1.54) is 36.4 Å². The Morgan fingerprint density at radius 1 is 0.283 bits per heavy atom. The maximum Gasteiger partial charge on any atom is 0.227 e. The van der Waals surface area contributed by atoms with Gasteiger partial charge < -0.3 is 39.2 Å². The van der Waals surface area contributed by atoms with Crippen molar-refractivity contribution in [3.05, 3.63) is 211 Å². The summed E-state index contributed by atoms with van der Waals surface area (Å²) < 4.78 is 85.0. The van der Waals surface area contributed by atoms with E-state index in [0.717, 1.165) is 146 Å². The lowest BCUT2D eigenvalue weighted by atomic mass is 10.0. The van der Waals surface area contributed by atoms with Crippen LogP contribution in [0.15, 0.2) is 109 Å².